The molecule has 31 heavy (non-hydrogen) atoms. The van der Waals surface area contributed by atoms with Gasteiger partial charge >= 0.3 is 0 Å². The number of benzene rings is 2. The van der Waals surface area contributed by atoms with Crippen LogP contribution in [0.3, 0.4) is 0 Å². The number of para-hydroxylation sites is 1. The summed E-state index contributed by atoms with van der Waals surface area (Å²) < 4.78 is 41.1. The summed E-state index contributed by atoms with van der Waals surface area (Å²) >= 11 is 5.85. The Morgan fingerprint density at radius 1 is 0.903 bits per heavy atom. The fourth-order valence-electron chi connectivity index (χ4n) is 4.23. The van der Waals surface area contributed by atoms with Gasteiger partial charge in [0.2, 0.25) is 15.9 Å². The molecule has 2 heterocycles. The molecule has 9 heteroatoms. The van der Waals surface area contributed by atoms with Gasteiger partial charge in [-0.15, -0.1) is 0 Å². The van der Waals surface area contributed by atoms with Gasteiger partial charge in [0.25, 0.3) is 0 Å². The van der Waals surface area contributed by atoms with E-state index in [9.17, 15) is 17.6 Å². The highest BCUT2D eigenvalue weighted by Crippen LogP contribution is 2.27. The maximum absolute atomic E-state index is 14.0. The van der Waals surface area contributed by atoms with Crippen molar-refractivity contribution in [1.82, 2.24) is 9.21 Å². The van der Waals surface area contributed by atoms with Gasteiger partial charge in [0, 0.05) is 50.2 Å². The zero-order valence-electron chi connectivity index (χ0n) is 17.1. The molecule has 0 bridgehead atoms. The van der Waals surface area contributed by atoms with Gasteiger partial charge in [-0.05, 0) is 49.2 Å². The molecule has 2 aromatic carbocycles. The molecule has 4 rings (SSSR count). The number of piperidine rings is 1. The van der Waals surface area contributed by atoms with Crippen molar-refractivity contribution in [2.24, 2.45) is 5.92 Å². The highest BCUT2D eigenvalue weighted by atomic mass is 35.5. The third-order valence-corrected chi connectivity index (χ3v) is 8.20. The number of hydrogen-bond donors (Lipinski definition) is 0. The van der Waals surface area contributed by atoms with E-state index in [0.717, 1.165) is 0 Å². The van der Waals surface area contributed by atoms with E-state index in [1.165, 1.54) is 22.5 Å². The largest absolute Gasteiger partial charge is 0.366 e. The van der Waals surface area contributed by atoms with Crippen molar-refractivity contribution in [2.75, 3.05) is 44.2 Å². The third-order valence-electron chi connectivity index (χ3n) is 6.04. The van der Waals surface area contributed by atoms with Crippen LogP contribution in [0.25, 0.3) is 0 Å². The van der Waals surface area contributed by atoms with Crippen LogP contribution in [-0.2, 0) is 14.8 Å². The number of nitrogens with zero attached hydrogens (tertiary/aromatic N) is 3. The molecule has 1 amide bonds. The molecule has 2 saturated heterocycles. The van der Waals surface area contributed by atoms with E-state index >= 15 is 0 Å². The number of sulfonamides is 1. The number of piperazine rings is 1. The van der Waals surface area contributed by atoms with Crippen LogP contribution in [-0.4, -0.2) is 62.8 Å². The van der Waals surface area contributed by atoms with Crippen LogP contribution >= 0.6 is 11.6 Å². The van der Waals surface area contributed by atoms with Crippen molar-refractivity contribution in [1.29, 1.82) is 0 Å². The van der Waals surface area contributed by atoms with E-state index in [2.05, 4.69) is 0 Å². The van der Waals surface area contributed by atoms with E-state index in [1.807, 2.05) is 15.9 Å². The van der Waals surface area contributed by atoms with Crippen molar-refractivity contribution >= 4 is 33.2 Å². The van der Waals surface area contributed by atoms with Gasteiger partial charge in [-0.2, -0.15) is 4.31 Å². The normalized spacial score (nSPS) is 18.9. The molecule has 2 aliphatic heterocycles. The van der Waals surface area contributed by atoms with Crippen molar-refractivity contribution in [2.45, 2.75) is 17.7 Å². The van der Waals surface area contributed by atoms with Crippen molar-refractivity contribution in [3.63, 3.8) is 0 Å². The van der Waals surface area contributed by atoms with Gasteiger partial charge in [0.15, 0.2) is 0 Å². The number of halogens is 2. The molecular formula is C22H25ClFN3O3S. The number of anilines is 1. The Labute approximate surface area is 187 Å². The highest BCUT2D eigenvalue weighted by Gasteiger charge is 2.34. The molecule has 0 atom stereocenters. The molecule has 0 saturated carbocycles. The molecule has 0 aromatic heterocycles. The lowest BCUT2D eigenvalue weighted by Gasteiger charge is -2.39. The Kier molecular flexibility index (Phi) is 6.50. The first-order chi connectivity index (χ1) is 14.9. The van der Waals surface area contributed by atoms with E-state index in [0.29, 0.717) is 62.8 Å². The first kappa shape index (κ1) is 22.0. The maximum atomic E-state index is 14.0. The molecule has 2 fully saturated rings. The SMILES string of the molecule is O=C(C1CCN(S(=O)(=O)c2ccc(Cl)cc2)CC1)N1CCN(c2ccccc2F)CC1. The standard InChI is InChI=1S/C22H25ClFN3O3S/c23-18-5-7-19(8-6-18)31(29,30)27-11-9-17(10-12-27)22(28)26-15-13-25(14-16-26)21-4-2-1-3-20(21)24/h1-8,17H,9-16H2. The van der Waals surface area contributed by atoms with Crippen LogP contribution in [0.1, 0.15) is 12.8 Å². The Balaban J connectivity index is 1.32. The number of amides is 1. The second-order valence-electron chi connectivity index (χ2n) is 7.90. The van der Waals surface area contributed by atoms with E-state index in [1.54, 1.807) is 24.3 Å². The third kappa shape index (κ3) is 4.71. The van der Waals surface area contributed by atoms with Crippen LogP contribution < -0.4 is 4.90 Å². The summed E-state index contributed by atoms with van der Waals surface area (Å²) in [4.78, 5) is 17.0. The van der Waals surface area contributed by atoms with Crippen LogP contribution in [0.4, 0.5) is 10.1 Å². The maximum Gasteiger partial charge on any atom is 0.243 e. The first-order valence-electron chi connectivity index (χ1n) is 10.4. The van der Waals surface area contributed by atoms with Crippen LogP contribution in [0.5, 0.6) is 0 Å². The van der Waals surface area contributed by atoms with Gasteiger partial charge in [0.1, 0.15) is 5.82 Å². The second-order valence-corrected chi connectivity index (χ2v) is 10.3. The van der Waals surface area contributed by atoms with E-state index in [-0.39, 0.29) is 22.5 Å². The Morgan fingerprint density at radius 3 is 2.13 bits per heavy atom. The van der Waals surface area contributed by atoms with Crippen LogP contribution in [0.2, 0.25) is 5.02 Å². The average molecular weight is 466 g/mol. The number of carbonyl (C=O) groups excluding carboxylic acids is 1. The Hall–Kier alpha value is -2.16. The van der Waals surface area contributed by atoms with Crippen LogP contribution in [0.15, 0.2) is 53.4 Å². The fourth-order valence-corrected chi connectivity index (χ4v) is 5.83. The zero-order valence-corrected chi connectivity index (χ0v) is 18.7. The molecule has 0 N–H and O–H groups in total. The van der Waals surface area contributed by atoms with Gasteiger partial charge < -0.3 is 9.80 Å². The predicted molar refractivity (Wildman–Crippen MR) is 118 cm³/mol. The van der Waals surface area contributed by atoms with E-state index in [4.69, 9.17) is 11.6 Å². The smallest absolute Gasteiger partial charge is 0.243 e. The highest BCUT2D eigenvalue weighted by molar-refractivity contribution is 7.89. The zero-order chi connectivity index (χ0) is 22.0. The topological polar surface area (TPSA) is 60.9 Å². The minimum atomic E-state index is -3.59. The predicted octanol–water partition coefficient (Wildman–Crippen LogP) is 3.23. The molecule has 0 spiro atoms. The summed E-state index contributed by atoms with van der Waals surface area (Å²) in [5, 5.41) is 0.485. The number of carbonyl (C=O) groups is 1. The van der Waals surface area contributed by atoms with Gasteiger partial charge in [-0.3, -0.25) is 4.79 Å². The Morgan fingerprint density at radius 2 is 1.52 bits per heavy atom. The first-order valence-corrected chi connectivity index (χ1v) is 12.2. The van der Waals surface area contributed by atoms with Crippen molar-refractivity contribution in [3.05, 3.63) is 59.4 Å². The fraction of sp³-hybridized carbons (Fsp3) is 0.409. The van der Waals surface area contributed by atoms with Crippen molar-refractivity contribution in [3.8, 4) is 0 Å². The summed E-state index contributed by atoms with van der Waals surface area (Å²) in [5.41, 5.74) is 0.565. The molecule has 6 nitrogen and oxygen atoms in total. The van der Waals surface area contributed by atoms with Gasteiger partial charge in [-0.1, -0.05) is 23.7 Å². The van der Waals surface area contributed by atoms with Gasteiger partial charge in [-0.25, -0.2) is 12.8 Å². The van der Waals surface area contributed by atoms with Crippen LogP contribution in [0, 0.1) is 11.7 Å². The summed E-state index contributed by atoms with van der Waals surface area (Å²) in [6.07, 6.45) is 0.998. The monoisotopic (exact) mass is 465 g/mol. The number of rotatable bonds is 4. The lowest BCUT2D eigenvalue weighted by atomic mass is 9.96. The molecular weight excluding hydrogens is 441 g/mol. The molecule has 0 aliphatic carbocycles. The quantitative estimate of drug-likeness (QED) is 0.695. The minimum Gasteiger partial charge on any atom is -0.366 e. The lowest BCUT2D eigenvalue weighted by molar-refractivity contribution is -0.137. The summed E-state index contributed by atoms with van der Waals surface area (Å²) in [5.74, 6) is -0.370. The van der Waals surface area contributed by atoms with Gasteiger partial charge in [0.05, 0.1) is 10.6 Å². The average Bonchev–Trinajstić information content (AvgIpc) is 2.79. The molecule has 166 valence electrons. The lowest BCUT2D eigenvalue weighted by Crippen LogP contribution is -2.52. The Bertz CT molecular complexity index is 1030. The van der Waals surface area contributed by atoms with E-state index < -0.39 is 10.0 Å². The minimum absolute atomic E-state index is 0.0664. The summed E-state index contributed by atoms with van der Waals surface area (Å²) in [6, 6.07) is 12.8. The molecule has 0 radical (unpaired) electrons. The molecule has 2 aliphatic rings. The second kappa shape index (κ2) is 9.14. The number of hydrogen-bond acceptors (Lipinski definition) is 4. The molecule has 2 aromatic rings. The molecule has 0 unspecified atom stereocenters. The van der Waals surface area contributed by atoms with Crippen molar-refractivity contribution < 1.29 is 17.6 Å². The summed E-state index contributed by atoms with van der Waals surface area (Å²) in [6.45, 7) is 2.87. The summed E-state index contributed by atoms with van der Waals surface area (Å²) in [7, 11) is -3.59.